The molecule has 0 aliphatic heterocycles. The molecule has 0 radical (unpaired) electrons. The van der Waals surface area contributed by atoms with Gasteiger partial charge in [0.1, 0.15) is 11.6 Å². The molecule has 0 bridgehead atoms. The highest BCUT2D eigenvalue weighted by Crippen LogP contribution is 2.37. The Morgan fingerprint density at radius 2 is 1.97 bits per heavy atom. The molecule has 0 saturated carbocycles. The van der Waals surface area contributed by atoms with Gasteiger partial charge in [0.2, 0.25) is 0 Å². The molecule has 0 aromatic heterocycles. The molecule has 1 N–H and O–H groups in total. The highest BCUT2D eigenvalue weighted by atomic mass is 79.9. The number of hydrogen-bond acceptors (Lipinski definition) is 6. The summed E-state index contributed by atoms with van der Waals surface area (Å²) in [7, 11) is 0. The molecule has 9 heteroatoms. The van der Waals surface area contributed by atoms with Crippen molar-refractivity contribution in [2.75, 3.05) is 25.1 Å². The molecule has 0 heterocycles. The number of nitrogens with zero attached hydrogens (tertiary/aromatic N) is 1. The van der Waals surface area contributed by atoms with E-state index < -0.39 is 11.9 Å². The summed E-state index contributed by atoms with van der Waals surface area (Å²) >= 11 is 9.64. The number of rotatable bonds is 9. The van der Waals surface area contributed by atoms with Crippen molar-refractivity contribution in [2.45, 2.75) is 13.8 Å². The number of benzene rings is 2. The minimum atomic E-state index is -0.572. The molecule has 0 aliphatic rings. The van der Waals surface area contributed by atoms with Gasteiger partial charge in [0.05, 0.1) is 18.2 Å². The van der Waals surface area contributed by atoms with Gasteiger partial charge in [-0.15, -0.1) is 0 Å². The summed E-state index contributed by atoms with van der Waals surface area (Å²) in [6.07, 6.45) is 1.39. The van der Waals surface area contributed by atoms with Crippen molar-refractivity contribution < 1.29 is 23.8 Å². The average Bonchev–Trinajstić information content (AvgIpc) is 2.71. The number of halogens is 2. The van der Waals surface area contributed by atoms with Crippen LogP contribution in [-0.4, -0.2) is 31.7 Å². The van der Waals surface area contributed by atoms with E-state index in [-0.39, 0.29) is 35.3 Å². The Bertz CT molecular complexity index is 1030. The molecular weight excluding hydrogens is 488 g/mol. The summed E-state index contributed by atoms with van der Waals surface area (Å²) in [6.45, 7) is 3.68. The summed E-state index contributed by atoms with van der Waals surface area (Å²) in [5, 5.41) is 12.3. The van der Waals surface area contributed by atoms with Crippen LogP contribution < -0.4 is 14.8 Å². The van der Waals surface area contributed by atoms with E-state index in [1.165, 1.54) is 12.1 Å². The predicted molar refractivity (Wildman–Crippen MR) is 121 cm³/mol. The molecule has 0 saturated heterocycles. The third kappa shape index (κ3) is 7.31. The number of anilines is 1. The minimum Gasteiger partial charge on any atom is -0.490 e. The van der Waals surface area contributed by atoms with Crippen molar-refractivity contribution in [3.63, 3.8) is 0 Å². The third-order valence-corrected chi connectivity index (χ3v) is 4.50. The molecular formula is C22H20BrClN2O5. The Labute approximate surface area is 193 Å². The highest BCUT2D eigenvalue weighted by molar-refractivity contribution is 9.10. The monoisotopic (exact) mass is 506 g/mol. The van der Waals surface area contributed by atoms with Crippen molar-refractivity contribution in [2.24, 2.45) is 0 Å². The maximum Gasteiger partial charge on any atom is 0.344 e. The third-order valence-electron chi connectivity index (χ3n) is 3.73. The topological polar surface area (TPSA) is 97.7 Å². The Kier molecular flexibility index (Phi) is 9.38. The van der Waals surface area contributed by atoms with E-state index in [1.54, 1.807) is 38.1 Å². The van der Waals surface area contributed by atoms with Gasteiger partial charge < -0.3 is 19.5 Å². The predicted octanol–water partition coefficient (Wildman–Crippen LogP) is 4.99. The largest absolute Gasteiger partial charge is 0.490 e. The molecule has 2 aromatic carbocycles. The first-order valence-corrected chi connectivity index (χ1v) is 10.5. The fourth-order valence-corrected chi connectivity index (χ4v) is 3.16. The number of ether oxygens (including phenoxy) is 3. The maximum absolute atomic E-state index is 12.5. The number of hydrogen-bond donors (Lipinski definition) is 1. The lowest BCUT2D eigenvalue weighted by Crippen LogP contribution is -2.15. The Morgan fingerprint density at radius 1 is 1.19 bits per heavy atom. The van der Waals surface area contributed by atoms with Gasteiger partial charge in [-0.05, 0) is 55.8 Å². The first-order chi connectivity index (χ1) is 14.9. The quantitative estimate of drug-likeness (QED) is 0.292. The molecule has 0 fully saturated rings. The molecule has 1 amide bonds. The van der Waals surface area contributed by atoms with Crippen molar-refractivity contribution in [1.82, 2.24) is 0 Å². The molecule has 2 rings (SSSR count). The Hall–Kier alpha value is -3.02. The van der Waals surface area contributed by atoms with Gasteiger partial charge in [0.25, 0.3) is 5.91 Å². The van der Waals surface area contributed by atoms with Crippen LogP contribution >= 0.6 is 27.5 Å². The first kappa shape index (κ1) is 24.3. The van der Waals surface area contributed by atoms with Crippen LogP contribution in [-0.2, 0) is 14.3 Å². The Balaban J connectivity index is 2.28. The molecule has 31 heavy (non-hydrogen) atoms. The zero-order chi connectivity index (χ0) is 22.8. The van der Waals surface area contributed by atoms with Crippen LogP contribution in [0.5, 0.6) is 11.5 Å². The summed E-state index contributed by atoms with van der Waals surface area (Å²) in [5.74, 6) is -0.667. The van der Waals surface area contributed by atoms with E-state index >= 15 is 0 Å². The molecule has 7 nitrogen and oxygen atoms in total. The second kappa shape index (κ2) is 12.0. The molecule has 162 valence electrons. The van der Waals surface area contributed by atoms with Crippen LogP contribution in [0.4, 0.5) is 5.69 Å². The lowest BCUT2D eigenvalue weighted by atomic mass is 10.1. The molecule has 2 aromatic rings. The molecule has 0 aliphatic carbocycles. The molecule has 0 atom stereocenters. The van der Waals surface area contributed by atoms with Crippen LogP contribution in [0.25, 0.3) is 6.08 Å². The number of amides is 1. The van der Waals surface area contributed by atoms with Crippen LogP contribution in [0.15, 0.2) is 46.4 Å². The maximum atomic E-state index is 12.5. The summed E-state index contributed by atoms with van der Waals surface area (Å²) in [5.41, 5.74) is 0.868. The van der Waals surface area contributed by atoms with Gasteiger partial charge >= 0.3 is 5.97 Å². The van der Waals surface area contributed by atoms with E-state index in [0.29, 0.717) is 17.9 Å². The van der Waals surface area contributed by atoms with Gasteiger partial charge in [0.15, 0.2) is 18.1 Å². The van der Waals surface area contributed by atoms with Crippen LogP contribution in [0.3, 0.4) is 0 Å². The number of nitriles is 1. The van der Waals surface area contributed by atoms with Crippen LogP contribution in [0, 0.1) is 11.3 Å². The second-order valence-electron chi connectivity index (χ2n) is 5.99. The van der Waals surface area contributed by atoms with Crippen LogP contribution in [0.2, 0.25) is 5.02 Å². The lowest BCUT2D eigenvalue weighted by Gasteiger charge is -2.14. The van der Waals surface area contributed by atoms with Gasteiger partial charge in [0, 0.05) is 10.2 Å². The van der Waals surface area contributed by atoms with Crippen molar-refractivity contribution in [3.05, 3.63) is 57.0 Å². The minimum absolute atomic E-state index is 0.126. The van der Waals surface area contributed by atoms with Gasteiger partial charge in [-0.3, -0.25) is 4.79 Å². The zero-order valence-corrected chi connectivity index (χ0v) is 19.2. The summed E-state index contributed by atoms with van der Waals surface area (Å²) in [4.78, 5) is 24.1. The normalized spacial score (nSPS) is 10.7. The molecule has 0 spiro atoms. The van der Waals surface area contributed by atoms with E-state index in [2.05, 4.69) is 21.2 Å². The van der Waals surface area contributed by atoms with E-state index in [1.807, 2.05) is 12.1 Å². The number of carbonyl (C=O) groups is 2. The zero-order valence-electron chi connectivity index (χ0n) is 16.9. The van der Waals surface area contributed by atoms with Crippen LogP contribution in [0.1, 0.15) is 19.4 Å². The number of esters is 1. The van der Waals surface area contributed by atoms with Crippen molar-refractivity contribution in [1.29, 1.82) is 5.26 Å². The van der Waals surface area contributed by atoms with E-state index in [4.69, 9.17) is 25.8 Å². The van der Waals surface area contributed by atoms with E-state index in [0.717, 1.165) is 4.47 Å². The average molecular weight is 508 g/mol. The van der Waals surface area contributed by atoms with Gasteiger partial charge in [-0.25, -0.2) is 4.79 Å². The van der Waals surface area contributed by atoms with E-state index in [9.17, 15) is 14.9 Å². The number of nitrogens with one attached hydrogen (secondary N) is 1. The first-order valence-electron chi connectivity index (χ1n) is 9.31. The molecule has 0 unspecified atom stereocenters. The lowest BCUT2D eigenvalue weighted by molar-refractivity contribution is -0.145. The fraction of sp³-hybridized carbons (Fsp3) is 0.227. The SMILES string of the molecule is CCOC(=O)COc1c(Cl)cc(/C=C(/C#N)C(=O)Nc2cccc(Br)c2)cc1OCC. The number of carbonyl (C=O) groups excluding carboxylic acids is 2. The highest BCUT2D eigenvalue weighted by Gasteiger charge is 2.16. The van der Waals surface area contributed by atoms with Gasteiger partial charge in [-0.1, -0.05) is 33.6 Å². The standard InChI is InChI=1S/C22H20BrClN2O5/c1-3-29-19-10-14(9-18(24)21(19)31-13-20(27)30-4-2)8-15(12-25)22(28)26-17-7-5-6-16(23)11-17/h5-11H,3-4,13H2,1-2H3,(H,26,28)/b15-8-. The van der Waals surface area contributed by atoms with Crippen molar-refractivity contribution >= 4 is 51.2 Å². The van der Waals surface area contributed by atoms with Crippen molar-refractivity contribution in [3.8, 4) is 17.6 Å². The fourth-order valence-electron chi connectivity index (χ4n) is 2.49. The smallest absolute Gasteiger partial charge is 0.344 e. The Morgan fingerprint density at radius 3 is 2.61 bits per heavy atom. The summed E-state index contributed by atoms with van der Waals surface area (Å²) < 4.78 is 16.6. The summed E-state index contributed by atoms with van der Waals surface area (Å²) in [6, 6.07) is 12.0. The second-order valence-corrected chi connectivity index (χ2v) is 7.31. The van der Waals surface area contributed by atoms with Gasteiger partial charge in [-0.2, -0.15) is 5.26 Å².